The summed E-state index contributed by atoms with van der Waals surface area (Å²) in [5.74, 6) is 1.21. The lowest BCUT2D eigenvalue weighted by Gasteiger charge is -2.17. The van der Waals surface area contributed by atoms with Crippen LogP contribution in [0.3, 0.4) is 0 Å². The Morgan fingerprint density at radius 1 is 1.31 bits per heavy atom. The van der Waals surface area contributed by atoms with Crippen LogP contribution in [0.1, 0.15) is 5.69 Å². The number of nitrogens with zero attached hydrogens (tertiary/aromatic N) is 3. The Morgan fingerprint density at radius 3 is 2.85 bits per heavy atom. The lowest BCUT2D eigenvalue weighted by Crippen LogP contribution is -2.35. The highest BCUT2D eigenvalue weighted by Crippen LogP contribution is 2.29. The van der Waals surface area contributed by atoms with Crippen LogP contribution in [0.25, 0.3) is 0 Å². The zero-order valence-corrected chi connectivity index (χ0v) is 18.1. The van der Waals surface area contributed by atoms with Crippen LogP contribution in [0.5, 0.6) is 5.75 Å². The second-order valence-electron chi connectivity index (χ2n) is 5.07. The van der Waals surface area contributed by atoms with Crippen molar-refractivity contribution in [1.29, 1.82) is 0 Å². The van der Waals surface area contributed by atoms with Gasteiger partial charge >= 0.3 is 0 Å². The number of hydrogen-bond donors (Lipinski definition) is 1. The van der Waals surface area contributed by atoms with Crippen molar-refractivity contribution < 1.29 is 14.3 Å². The number of hydrogen-bond acceptors (Lipinski definition) is 4. The molecular formula is C16H19Br2ClN4O3. The summed E-state index contributed by atoms with van der Waals surface area (Å²) < 4.78 is 5.97. The van der Waals surface area contributed by atoms with Crippen molar-refractivity contribution in [3.05, 3.63) is 58.5 Å². The topological polar surface area (TPSA) is 73.0 Å². The van der Waals surface area contributed by atoms with Crippen molar-refractivity contribution in [2.75, 3.05) is 20.2 Å². The van der Waals surface area contributed by atoms with Crippen molar-refractivity contribution in [2.24, 2.45) is 4.99 Å². The number of rotatable bonds is 5. The van der Waals surface area contributed by atoms with Crippen molar-refractivity contribution in [2.45, 2.75) is 6.61 Å². The fourth-order valence-corrected chi connectivity index (χ4v) is 2.38. The average Bonchev–Trinajstić information content (AvgIpc) is 3.03. The van der Waals surface area contributed by atoms with Crippen molar-refractivity contribution in [1.82, 2.24) is 10.4 Å². The molecule has 0 spiro atoms. The van der Waals surface area contributed by atoms with Gasteiger partial charge in [0.05, 0.1) is 24.4 Å². The summed E-state index contributed by atoms with van der Waals surface area (Å²) in [5, 5.41) is 16.9. The van der Waals surface area contributed by atoms with Crippen LogP contribution in [0.4, 0.5) is 5.69 Å². The summed E-state index contributed by atoms with van der Waals surface area (Å²) in [5.41, 5.74) is 1.09. The van der Waals surface area contributed by atoms with Gasteiger partial charge in [0.15, 0.2) is 12.8 Å². The first-order valence-corrected chi connectivity index (χ1v) is 7.79. The maximum Gasteiger partial charge on any atom is 0.223 e. The van der Waals surface area contributed by atoms with E-state index in [2.05, 4.69) is 10.3 Å². The summed E-state index contributed by atoms with van der Waals surface area (Å²) in [6.45, 7) is 1.45. The molecule has 0 saturated carbocycles. The number of halogens is 3. The third-order valence-corrected chi connectivity index (χ3v) is 3.81. The highest BCUT2D eigenvalue weighted by Gasteiger charge is 2.21. The van der Waals surface area contributed by atoms with E-state index in [1.165, 1.54) is 6.20 Å². The van der Waals surface area contributed by atoms with Gasteiger partial charge in [-0.1, -0.05) is 11.6 Å². The summed E-state index contributed by atoms with van der Waals surface area (Å²) >= 11 is 6.18. The minimum absolute atomic E-state index is 0. The van der Waals surface area contributed by atoms with Crippen LogP contribution in [-0.2, 0) is 11.4 Å². The van der Waals surface area contributed by atoms with Gasteiger partial charge in [-0.3, -0.25) is 4.84 Å². The first-order valence-electron chi connectivity index (χ1n) is 7.41. The van der Waals surface area contributed by atoms with Crippen LogP contribution >= 0.6 is 45.6 Å². The molecule has 142 valence electrons. The lowest BCUT2D eigenvalue weighted by atomic mass is 10.3. The third-order valence-electron chi connectivity index (χ3n) is 3.49. The number of ether oxygens (including phenoxy) is 1. The Morgan fingerprint density at radius 2 is 2.12 bits per heavy atom. The zero-order chi connectivity index (χ0) is 16.9. The number of aliphatic imine (C=N–C) groups is 1. The molecule has 0 atom stereocenters. The lowest BCUT2D eigenvalue weighted by molar-refractivity contribution is -0.617. The SMILES string of the molecule is Br.Br.COc1ccc(Cl)c(N=C2NCCN2OCc2cccc[n+]2[O-])c1. The van der Waals surface area contributed by atoms with E-state index >= 15 is 0 Å². The molecule has 26 heavy (non-hydrogen) atoms. The molecule has 1 aromatic heterocycles. The van der Waals surface area contributed by atoms with Gasteiger partial charge in [0.2, 0.25) is 11.7 Å². The smallest absolute Gasteiger partial charge is 0.223 e. The fourth-order valence-electron chi connectivity index (χ4n) is 2.22. The maximum absolute atomic E-state index is 11.7. The summed E-state index contributed by atoms with van der Waals surface area (Å²) in [4.78, 5) is 10.2. The monoisotopic (exact) mass is 508 g/mol. The Bertz CT molecular complexity index is 764. The second-order valence-corrected chi connectivity index (χ2v) is 5.48. The molecule has 1 aliphatic rings. The van der Waals surface area contributed by atoms with E-state index in [9.17, 15) is 5.21 Å². The molecule has 1 aromatic carbocycles. The van der Waals surface area contributed by atoms with Gasteiger partial charge in [-0.2, -0.15) is 4.73 Å². The van der Waals surface area contributed by atoms with Crippen LogP contribution in [0.2, 0.25) is 5.02 Å². The van der Waals surface area contributed by atoms with Gasteiger partial charge in [0, 0.05) is 24.7 Å². The number of methoxy groups -OCH3 is 1. The molecule has 10 heteroatoms. The number of pyridine rings is 1. The normalized spacial score (nSPS) is 14.4. The van der Waals surface area contributed by atoms with Gasteiger partial charge < -0.3 is 15.3 Å². The Labute approximate surface area is 177 Å². The molecule has 0 unspecified atom stereocenters. The molecule has 0 amide bonds. The van der Waals surface area contributed by atoms with Crippen molar-refractivity contribution in [3.63, 3.8) is 0 Å². The molecule has 7 nitrogen and oxygen atoms in total. The van der Waals surface area contributed by atoms with Crippen LogP contribution < -0.4 is 14.8 Å². The molecule has 0 aliphatic carbocycles. The largest absolute Gasteiger partial charge is 0.618 e. The molecule has 2 heterocycles. The molecule has 1 aliphatic heterocycles. The number of benzene rings is 1. The van der Waals surface area contributed by atoms with Gasteiger partial charge in [-0.25, -0.2) is 10.1 Å². The maximum atomic E-state index is 11.7. The average molecular weight is 511 g/mol. The molecule has 2 aromatic rings. The van der Waals surface area contributed by atoms with E-state index < -0.39 is 0 Å². The van der Waals surface area contributed by atoms with Crippen LogP contribution in [0.15, 0.2) is 47.6 Å². The quantitative estimate of drug-likeness (QED) is 0.494. The minimum atomic E-state index is 0. The summed E-state index contributed by atoms with van der Waals surface area (Å²) in [6.07, 6.45) is 1.44. The molecule has 1 saturated heterocycles. The van der Waals surface area contributed by atoms with E-state index in [0.717, 1.165) is 4.73 Å². The second kappa shape index (κ2) is 10.6. The standard InChI is InChI=1S/C16H17ClN4O3.2BrH/c1-23-13-5-6-14(17)15(10-13)19-16-18-7-9-21(16)24-11-12-4-2-3-8-20(12)22;;/h2-6,8,10H,7,9,11H2,1H3,(H,18,19);2*1H. The minimum Gasteiger partial charge on any atom is -0.618 e. The third kappa shape index (κ3) is 5.47. The van der Waals surface area contributed by atoms with E-state index in [1.54, 1.807) is 48.6 Å². The van der Waals surface area contributed by atoms with E-state index in [0.29, 0.717) is 41.2 Å². The van der Waals surface area contributed by atoms with E-state index in [1.807, 2.05) is 0 Å². The van der Waals surface area contributed by atoms with Crippen LogP contribution in [0, 0.1) is 5.21 Å². The predicted molar refractivity (Wildman–Crippen MR) is 111 cm³/mol. The first kappa shape index (κ1) is 22.5. The Kier molecular flexibility index (Phi) is 9.14. The van der Waals surface area contributed by atoms with Crippen molar-refractivity contribution in [3.8, 4) is 5.75 Å². The molecule has 0 radical (unpaired) electrons. The fraction of sp³-hybridized carbons (Fsp3) is 0.250. The molecule has 0 bridgehead atoms. The highest BCUT2D eigenvalue weighted by atomic mass is 79.9. The van der Waals surface area contributed by atoms with Gasteiger partial charge in [-0.15, -0.1) is 34.0 Å². The number of guanidine groups is 1. The summed E-state index contributed by atoms with van der Waals surface area (Å²) in [7, 11) is 1.58. The van der Waals surface area contributed by atoms with Gasteiger partial charge in [-0.05, 0) is 18.2 Å². The molecule has 1 fully saturated rings. The zero-order valence-electron chi connectivity index (χ0n) is 13.9. The van der Waals surface area contributed by atoms with Crippen molar-refractivity contribution >= 4 is 57.2 Å². The van der Waals surface area contributed by atoms with Gasteiger partial charge in [0.25, 0.3) is 0 Å². The first-order chi connectivity index (χ1) is 11.7. The Balaban J connectivity index is 0.00000169. The molecular weight excluding hydrogens is 491 g/mol. The predicted octanol–water partition coefficient (Wildman–Crippen LogP) is 3.16. The number of nitrogens with one attached hydrogen (secondary N) is 1. The Hall–Kier alpha value is -1.55. The number of aromatic nitrogens is 1. The van der Waals surface area contributed by atoms with E-state index in [4.69, 9.17) is 21.2 Å². The van der Waals surface area contributed by atoms with Crippen LogP contribution in [-0.4, -0.2) is 31.2 Å². The molecule has 3 rings (SSSR count). The number of hydroxylamine groups is 2. The summed E-state index contributed by atoms with van der Waals surface area (Å²) in [6, 6.07) is 10.4. The van der Waals surface area contributed by atoms with Gasteiger partial charge in [0.1, 0.15) is 5.75 Å². The highest BCUT2D eigenvalue weighted by molar-refractivity contribution is 8.93. The molecule has 1 N–H and O–H groups in total. The van der Waals surface area contributed by atoms with E-state index in [-0.39, 0.29) is 40.6 Å².